The lowest BCUT2D eigenvalue weighted by molar-refractivity contribution is 0.364. The van der Waals surface area contributed by atoms with Gasteiger partial charge in [0.05, 0.1) is 6.33 Å². The van der Waals surface area contributed by atoms with Crippen molar-refractivity contribution in [3.63, 3.8) is 0 Å². The third-order valence-corrected chi connectivity index (χ3v) is 3.94. The molecule has 0 aliphatic rings. The fourth-order valence-electron chi connectivity index (χ4n) is 2.11. The van der Waals surface area contributed by atoms with Gasteiger partial charge >= 0.3 is 0 Å². The van der Waals surface area contributed by atoms with E-state index in [4.69, 9.17) is 33.5 Å². The Labute approximate surface area is 147 Å². The van der Waals surface area contributed by atoms with E-state index in [1.165, 1.54) is 10.9 Å². The number of anilines is 1. The number of nitrogens with zero attached hydrogens (tertiary/aromatic N) is 4. The van der Waals surface area contributed by atoms with Crippen LogP contribution in [0.2, 0.25) is 10.2 Å². The Kier molecular flexibility index (Phi) is 4.82. The summed E-state index contributed by atoms with van der Waals surface area (Å²) in [7, 11) is 0. The third-order valence-electron chi connectivity index (χ3n) is 3.39. The van der Waals surface area contributed by atoms with Gasteiger partial charge in [-0.2, -0.15) is 4.98 Å². The molecule has 1 aromatic carbocycles. The molecule has 0 aliphatic heterocycles. The van der Waals surface area contributed by atoms with Gasteiger partial charge in [-0.05, 0) is 24.1 Å². The normalized spacial score (nSPS) is 10.9. The summed E-state index contributed by atoms with van der Waals surface area (Å²) in [6, 6.07) is 7.57. The number of aromatic nitrogens is 4. The molecule has 0 unspecified atom stereocenters. The average Bonchev–Trinajstić information content (AvgIpc) is 3.02. The lowest BCUT2D eigenvalue weighted by Crippen LogP contribution is -2.24. The molecule has 9 heteroatoms. The van der Waals surface area contributed by atoms with Gasteiger partial charge in [0.1, 0.15) is 12.2 Å². The van der Waals surface area contributed by atoms with Gasteiger partial charge in [0.25, 0.3) is 5.56 Å². The van der Waals surface area contributed by atoms with E-state index in [1.54, 1.807) is 0 Å². The molecule has 24 heavy (non-hydrogen) atoms. The summed E-state index contributed by atoms with van der Waals surface area (Å²) >= 11 is 11.5. The standard InChI is InChI=1S/C15H13Cl2N5O2/c16-10-4-1-9(2-5-10)3-6-11-20-12(24-21-11)7-22-8-19-14(17)13(18)15(22)23/h1-2,4-5,8H,3,6-7,18H2. The molecule has 0 saturated heterocycles. The topological polar surface area (TPSA) is 99.8 Å². The zero-order valence-corrected chi connectivity index (χ0v) is 14.0. The van der Waals surface area contributed by atoms with Crippen LogP contribution in [0.5, 0.6) is 0 Å². The fourth-order valence-corrected chi connectivity index (χ4v) is 2.36. The number of benzene rings is 1. The van der Waals surface area contributed by atoms with Crippen LogP contribution in [0.1, 0.15) is 17.3 Å². The van der Waals surface area contributed by atoms with E-state index in [0.29, 0.717) is 23.2 Å². The van der Waals surface area contributed by atoms with Gasteiger partial charge in [0.15, 0.2) is 11.0 Å². The van der Waals surface area contributed by atoms with E-state index in [1.807, 2.05) is 24.3 Å². The van der Waals surface area contributed by atoms with Gasteiger partial charge in [0.2, 0.25) is 5.89 Å². The fraction of sp³-hybridized carbons (Fsp3) is 0.200. The van der Waals surface area contributed by atoms with Crippen LogP contribution in [0.4, 0.5) is 5.69 Å². The number of aryl methyl sites for hydroxylation is 2. The maximum absolute atomic E-state index is 12.0. The summed E-state index contributed by atoms with van der Waals surface area (Å²) in [5.41, 5.74) is 6.12. The highest BCUT2D eigenvalue weighted by molar-refractivity contribution is 6.31. The van der Waals surface area contributed by atoms with Crippen LogP contribution in [0, 0.1) is 0 Å². The zero-order valence-electron chi connectivity index (χ0n) is 12.4. The number of hydrogen-bond acceptors (Lipinski definition) is 6. The minimum Gasteiger partial charge on any atom is -0.392 e. The van der Waals surface area contributed by atoms with Crippen molar-refractivity contribution in [3.05, 3.63) is 68.4 Å². The molecule has 3 aromatic rings. The van der Waals surface area contributed by atoms with Crippen molar-refractivity contribution in [1.82, 2.24) is 19.7 Å². The maximum Gasteiger partial charge on any atom is 0.278 e. The summed E-state index contributed by atoms with van der Waals surface area (Å²) in [4.78, 5) is 20.0. The Bertz CT molecular complexity index is 905. The summed E-state index contributed by atoms with van der Waals surface area (Å²) in [6.45, 7) is 0.0845. The molecule has 124 valence electrons. The number of rotatable bonds is 5. The molecule has 2 heterocycles. The lowest BCUT2D eigenvalue weighted by Gasteiger charge is -2.03. The molecule has 3 rings (SSSR count). The minimum absolute atomic E-state index is 0.0227. The first-order valence-electron chi connectivity index (χ1n) is 7.09. The molecule has 0 spiro atoms. The molecule has 0 radical (unpaired) electrons. The highest BCUT2D eigenvalue weighted by Crippen LogP contribution is 2.12. The quantitative estimate of drug-likeness (QED) is 0.696. The Morgan fingerprint density at radius 2 is 1.92 bits per heavy atom. The summed E-state index contributed by atoms with van der Waals surface area (Å²) < 4.78 is 6.42. The van der Waals surface area contributed by atoms with E-state index in [-0.39, 0.29) is 17.4 Å². The number of nitrogen functional groups attached to an aromatic ring is 1. The van der Waals surface area contributed by atoms with Crippen LogP contribution < -0.4 is 11.3 Å². The molecule has 0 saturated carbocycles. The Balaban J connectivity index is 1.66. The SMILES string of the molecule is Nc1c(Cl)ncn(Cc2nc(CCc3ccc(Cl)cc3)no2)c1=O. The predicted octanol–water partition coefficient (Wildman–Crippen LogP) is 2.35. The highest BCUT2D eigenvalue weighted by Gasteiger charge is 2.11. The van der Waals surface area contributed by atoms with E-state index in [0.717, 1.165) is 12.0 Å². The Morgan fingerprint density at radius 1 is 1.17 bits per heavy atom. The lowest BCUT2D eigenvalue weighted by atomic mass is 10.1. The maximum atomic E-state index is 12.0. The molecular formula is C15H13Cl2N5O2. The average molecular weight is 366 g/mol. The van der Waals surface area contributed by atoms with Gasteiger partial charge in [-0.3, -0.25) is 9.36 Å². The first kappa shape index (κ1) is 16.5. The monoisotopic (exact) mass is 365 g/mol. The second kappa shape index (κ2) is 7.02. The second-order valence-electron chi connectivity index (χ2n) is 5.11. The smallest absolute Gasteiger partial charge is 0.278 e. The van der Waals surface area contributed by atoms with Gasteiger partial charge in [-0.1, -0.05) is 40.5 Å². The number of halogens is 2. The molecule has 7 nitrogen and oxygen atoms in total. The molecule has 0 fully saturated rings. The van der Waals surface area contributed by atoms with Crippen molar-refractivity contribution >= 4 is 28.9 Å². The summed E-state index contributed by atoms with van der Waals surface area (Å²) in [5, 5.41) is 4.58. The van der Waals surface area contributed by atoms with Crippen molar-refractivity contribution in [2.75, 3.05) is 5.73 Å². The van der Waals surface area contributed by atoms with Gasteiger partial charge < -0.3 is 10.3 Å². The molecule has 0 atom stereocenters. The van der Waals surface area contributed by atoms with Crippen LogP contribution in [-0.2, 0) is 19.4 Å². The van der Waals surface area contributed by atoms with Crippen LogP contribution in [0.25, 0.3) is 0 Å². The van der Waals surface area contributed by atoms with Crippen molar-refractivity contribution in [1.29, 1.82) is 0 Å². The zero-order chi connectivity index (χ0) is 17.1. The Hall–Kier alpha value is -2.38. The van der Waals surface area contributed by atoms with Crippen LogP contribution in [-0.4, -0.2) is 19.7 Å². The van der Waals surface area contributed by atoms with Crippen LogP contribution >= 0.6 is 23.2 Å². The first-order chi connectivity index (χ1) is 11.5. The van der Waals surface area contributed by atoms with Crippen LogP contribution in [0.3, 0.4) is 0 Å². The predicted molar refractivity (Wildman–Crippen MR) is 90.2 cm³/mol. The van der Waals surface area contributed by atoms with Crippen molar-refractivity contribution < 1.29 is 4.52 Å². The molecule has 0 amide bonds. The van der Waals surface area contributed by atoms with Crippen molar-refractivity contribution in [2.45, 2.75) is 19.4 Å². The van der Waals surface area contributed by atoms with Crippen LogP contribution in [0.15, 0.2) is 39.9 Å². The Morgan fingerprint density at radius 3 is 2.67 bits per heavy atom. The van der Waals surface area contributed by atoms with Gasteiger partial charge in [-0.15, -0.1) is 0 Å². The molecule has 0 bridgehead atoms. The van der Waals surface area contributed by atoms with Crippen molar-refractivity contribution in [2.24, 2.45) is 0 Å². The first-order valence-corrected chi connectivity index (χ1v) is 7.85. The summed E-state index contributed by atoms with van der Waals surface area (Å²) in [6.07, 6.45) is 2.66. The van der Waals surface area contributed by atoms with E-state index in [2.05, 4.69) is 15.1 Å². The second-order valence-corrected chi connectivity index (χ2v) is 5.91. The largest absolute Gasteiger partial charge is 0.392 e. The minimum atomic E-state index is -0.448. The van der Waals surface area contributed by atoms with Gasteiger partial charge in [0, 0.05) is 11.4 Å². The van der Waals surface area contributed by atoms with E-state index < -0.39 is 5.56 Å². The third kappa shape index (κ3) is 3.74. The highest BCUT2D eigenvalue weighted by atomic mass is 35.5. The van der Waals surface area contributed by atoms with E-state index >= 15 is 0 Å². The molecule has 2 aromatic heterocycles. The number of hydrogen-bond donors (Lipinski definition) is 1. The summed E-state index contributed by atoms with van der Waals surface area (Å²) in [5.74, 6) is 0.856. The van der Waals surface area contributed by atoms with Gasteiger partial charge in [-0.25, -0.2) is 4.98 Å². The molecule has 2 N–H and O–H groups in total. The van der Waals surface area contributed by atoms with E-state index in [9.17, 15) is 4.79 Å². The van der Waals surface area contributed by atoms with Crippen molar-refractivity contribution in [3.8, 4) is 0 Å². The molecular weight excluding hydrogens is 353 g/mol. The molecule has 0 aliphatic carbocycles. The number of nitrogens with two attached hydrogens (primary N) is 1.